The van der Waals surface area contributed by atoms with Crippen molar-refractivity contribution in [3.05, 3.63) is 112 Å². The molecule has 3 N–H and O–H groups in total. The largest absolute Gasteiger partial charge is 0.397 e. The molecule has 0 bridgehead atoms. The highest BCUT2D eigenvalue weighted by Crippen LogP contribution is 2.22. The molecule has 7 nitrogen and oxygen atoms in total. The quantitative estimate of drug-likeness (QED) is 0.393. The van der Waals surface area contributed by atoms with E-state index in [2.05, 4.69) is 27.4 Å². The molecule has 0 radical (unpaired) electrons. The Labute approximate surface area is 204 Å². The van der Waals surface area contributed by atoms with Crippen molar-refractivity contribution < 1.29 is 4.79 Å². The molecule has 4 aromatic rings. The van der Waals surface area contributed by atoms with E-state index in [-0.39, 0.29) is 17.5 Å². The summed E-state index contributed by atoms with van der Waals surface area (Å²) in [4.78, 5) is 27.4. The third-order valence-electron chi connectivity index (χ3n) is 5.80. The van der Waals surface area contributed by atoms with Crippen molar-refractivity contribution in [2.75, 3.05) is 25.1 Å². The first-order chi connectivity index (χ1) is 16.8. The minimum Gasteiger partial charge on any atom is -0.397 e. The van der Waals surface area contributed by atoms with Crippen LogP contribution >= 0.6 is 0 Å². The number of nitrogens with zero attached hydrogens (tertiary/aromatic N) is 3. The van der Waals surface area contributed by atoms with Gasteiger partial charge in [0, 0.05) is 23.7 Å². The summed E-state index contributed by atoms with van der Waals surface area (Å²) in [5, 5.41) is 7.45. The fourth-order valence-electron chi connectivity index (χ4n) is 3.86. The third-order valence-corrected chi connectivity index (χ3v) is 5.80. The zero-order valence-corrected chi connectivity index (χ0v) is 20.1. The Balaban J connectivity index is 1.53. The van der Waals surface area contributed by atoms with Crippen LogP contribution in [0.4, 0.5) is 11.4 Å². The van der Waals surface area contributed by atoms with Crippen molar-refractivity contribution in [2.24, 2.45) is 0 Å². The molecule has 1 unspecified atom stereocenters. The number of nitrogen functional groups attached to an aromatic ring is 1. The van der Waals surface area contributed by atoms with Crippen molar-refractivity contribution in [1.82, 2.24) is 14.7 Å². The highest BCUT2D eigenvalue weighted by molar-refractivity contribution is 6.05. The zero-order chi connectivity index (χ0) is 24.9. The van der Waals surface area contributed by atoms with Gasteiger partial charge in [0.2, 0.25) is 0 Å². The number of hydrogen-bond acceptors (Lipinski definition) is 5. The Kier molecular flexibility index (Phi) is 7.08. The van der Waals surface area contributed by atoms with E-state index in [1.807, 2.05) is 57.4 Å². The molecule has 0 spiro atoms. The number of hydrogen-bond donors (Lipinski definition) is 2. The Hall–Kier alpha value is -4.23. The van der Waals surface area contributed by atoms with E-state index in [0.29, 0.717) is 16.9 Å². The lowest BCUT2D eigenvalue weighted by atomic mass is 10.1. The summed E-state index contributed by atoms with van der Waals surface area (Å²) in [6, 6.07) is 25.4. The second kappa shape index (κ2) is 10.4. The Bertz CT molecular complexity index is 1380. The van der Waals surface area contributed by atoms with E-state index in [1.54, 1.807) is 36.4 Å². The summed E-state index contributed by atoms with van der Waals surface area (Å²) >= 11 is 0. The molecule has 7 heteroatoms. The number of benzene rings is 3. The predicted octanol–water partition coefficient (Wildman–Crippen LogP) is 4.42. The minimum absolute atomic E-state index is 0.188. The molecule has 0 aliphatic rings. The Morgan fingerprint density at radius 2 is 1.66 bits per heavy atom. The maximum absolute atomic E-state index is 12.6. The second-order valence-electron chi connectivity index (χ2n) is 8.78. The summed E-state index contributed by atoms with van der Waals surface area (Å²) in [5.74, 6) is -0.253. The summed E-state index contributed by atoms with van der Waals surface area (Å²) in [6.45, 7) is 2.77. The van der Waals surface area contributed by atoms with E-state index in [9.17, 15) is 9.59 Å². The first-order valence-electron chi connectivity index (χ1n) is 11.4. The number of aromatic nitrogens is 2. The number of nitrogens with one attached hydrogen (secondary N) is 1. The molecule has 35 heavy (non-hydrogen) atoms. The van der Waals surface area contributed by atoms with Crippen LogP contribution in [0.1, 0.15) is 34.5 Å². The molecule has 0 aliphatic carbocycles. The predicted molar refractivity (Wildman–Crippen MR) is 140 cm³/mol. The molecule has 1 atom stereocenters. The maximum Gasteiger partial charge on any atom is 0.267 e. The molecule has 1 aromatic heterocycles. The highest BCUT2D eigenvalue weighted by atomic mass is 16.1. The molecular weight excluding hydrogens is 438 g/mol. The fourth-order valence-corrected chi connectivity index (χ4v) is 3.86. The number of carbonyl (C=O) groups is 1. The average Bonchev–Trinajstić information content (AvgIpc) is 2.85. The van der Waals surface area contributed by atoms with Crippen LogP contribution in [-0.4, -0.2) is 34.7 Å². The van der Waals surface area contributed by atoms with Crippen molar-refractivity contribution in [3.8, 4) is 11.3 Å². The van der Waals surface area contributed by atoms with Crippen molar-refractivity contribution >= 4 is 17.3 Å². The fraction of sp³-hybridized carbons (Fsp3) is 0.179. The molecule has 1 heterocycles. The lowest BCUT2D eigenvalue weighted by Gasteiger charge is -2.16. The number of carbonyl (C=O) groups excluding carboxylic acids is 1. The zero-order valence-electron chi connectivity index (χ0n) is 20.1. The second-order valence-corrected chi connectivity index (χ2v) is 8.78. The van der Waals surface area contributed by atoms with Gasteiger partial charge in [0.1, 0.15) is 0 Å². The van der Waals surface area contributed by atoms with Crippen LogP contribution in [0.15, 0.2) is 89.7 Å². The van der Waals surface area contributed by atoms with Gasteiger partial charge in [0.05, 0.1) is 23.1 Å². The van der Waals surface area contributed by atoms with Gasteiger partial charge < -0.3 is 16.0 Å². The number of rotatable bonds is 7. The number of amides is 1. The van der Waals surface area contributed by atoms with E-state index < -0.39 is 0 Å². The van der Waals surface area contributed by atoms with Gasteiger partial charge >= 0.3 is 0 Å². The summed E-state index contributed by atoms with van der Waals surface area (Å²) in [5.41, 5.74) is 11.0. The molecule has 1 amide bonds. The number of anilines is 2. The molecule has 0 saturated heterocycles. The van der Waals surface area contributed by atoms with Crippen molar-refractivity contribution in [3.63, 3.8) is 0 Å². The molecular formula is C28H29N5O2. The maximum atomic E-state index is 12.6. The van der Waals surface area contributed by atoms with Gasteiger partial charge in [-0.25, -0.2) is 4.68 Å². The van der Waals surface area contributed by atoms with Gasteiger partial charge in [0.25, 0.3) is 11.5 Å². The number of para-hydroxylation sites is 2. The van der Waals surface area contributed by atoms with Crippen LogP contribution in [0.5, 0.6) is 0 Å². The molecule has 0 aliphatic heterocycles. The third kappa shape index (κ3) is 5.65. The van der Waals surface area contributed by atoms with Gasteiger partial charge in [-0.05, 0) is 62.5 Å². The molecule has 3 aromatic carbocycles. The van der Waals surface area contributed by atoms with Crippen molar-refractivity contribution in [1.29, 1.82) is 0 Å². The van der Waals surface area contributed by atoms with Crippen LogP contribution in [0.2, 0.25) is 0 Å². The van der Waals surface area contributed by atoms with E-state index >= 15 is 0 Å². The van der Waals surface area contributed by atoms with Crippen LogP contribution in [-0.2, 0) is 6.54 Å². The number of nitrogens with two attached hydrogens (primary N) is 1. The summed E-state index contributed by atoms with van der Waals surface area (Å²) in [6.07, 6.45) is 0. The molecule has 178 valence electrons. The smallest absolute Gasteiger partial charge is 0.267 e. The molecule has 0 saturated carbocycles. The Morgan fingerprint density at radius 1 is 0.971 bits per heavy atom. The monoisotopic (exact) mass is 467 g/mol. The van der Waals surface area contributed by atoms with Crippen LogP contribution in [0.3, 0.4) is 0 Å². The molecule has 0 fully saturated rings. The highest BCUT2D eigenvalue weighted by Gasteiger charge is 2.14. The lowest BCUT2D eigenvalue weighted by Crippen LogP contribution is -2.26. The summed E-state index contributed by atoms with van der Waals surface area (Å²) in [7, 11) is 4.07. The topological polar surface area (TPSA) is 93.2 Å². The average molecular weight is 468 g/mol. The van der Waals surface area contributed by atoms with E-state index in [1.165, 1.54) is 10.2 Å². The lowest BCUT2D eigenvalue weighted by molar-refractivity contribution is 0.102. The van der Waals surface area contributed by atoms with E-state index in [0.717, 1.165) is 23.4 Å². The SMILES string of the molecule is CC(c1ccc(C(=O)Nc2ccccc2N)cc1)n1nc(-c2ccc(CN(C)C)cc2)ccc1=O. The van der Waals surface area contributed by atoms with E-state index in [4.69, 9.17) is 5.73 Å². The first kappa shape index (κ1) is 23.9. The van der Waals surface area contributed by atoms with Gasteiger partial charge in [-0.2, -0.15) is 5.10 Å². The van der Waals surface area contributed by atoms with Gasteiger partial charge in [-0.3, -0.25) is 9.59 Å². The van der Waals surface area contributed by atoms with Gasteiger partial charge in [0.15, 0.2) is 0 Å². The van der Waals surface area contributed by atoms with Gasteiger partial charge in [-0.1, -0.05) is 48.5 Å². The standard InChI is InChI=1S/C28H29N5O2/c1-19(21-12-14-23(15-13-21)28(35)30-26-7-5-4-6-24(26)29)33-27(34)17-16-25(31-33)22-10-8-20(9-11-22)18-32(2)3/h4-17,19H,18,29H2,1-3H3,(H,30,35). The van der Waals surface area contributed by atoms with Crippen molar-refractivity contribution in [2.45, 2.75) is 19.5 Å². The molecule has 4 rings (SSSR count). The van der Waals surface area contributed by atoms with Gasteiger partial charge in [-0.15, -0.1) is 0 Å². The Morgan fingerprint density at radius 3 is 2.31 bits per heavy atom. The van der Waals surface area contributed by atoms with Crippen LogP contribution in [0, 0.1) is 0 Å². The summed E-state index contributed by atoms with van der Waals surface area (Å²) < 4.78 is 1.48. The first-order valence-corrected chi connectivity index (χ1v) is 11.4. The van der Waals surface area contributed by atoms with Crippen LogP contribution < -0.4 is 16.6 Å². The minimum atomic E-state index is -0.308. The normalized spacial score (nSPS) is 11.9. The van der Waals surface area contributed by atoms with Crippen LogP contribution in [0.25, 0.3) is 11.3 Å².